The topological polar surface area (TPSA) is 64.6 Å². The third kappa shape index (κ3) is 4.32. The maximum atomic E-state index is 12.6. The Morgan fingerprint density at radius 2 is 1.91 bits per heavy atom. The quantitative estimate of drug-likeness (QED) is 0.829. The van der Waals surface area contributed by atoms with E-state index in [1.807, 2.05) is 32.0 Å². The van der Waals surface area contributed by atoms with Gasteiger partial charge in [0.25, 0.3) is 0 Å². The molecule has 1 heterocycles. The summed E-state index contributed by atoms with van der Waals surface area (Å²) in [5, 5.41) is 0. The highest BCUT2D eigenvalue weighted by Crippen LogP contribution is 2.27. The number of methoxy groups -OCH3 is 2. The van der Waals surface area contributed by atoms with Crippen LogP contribution in [0.15, 0.2) is 35.2 Å². The first-order chi connectivity index (χ1) is 10.9. The van der Waals surface area contributed by atoms with Gasteiger partial charge in [0.05, 0.1) is 7.11 Å². The summed E-state index contributed by atoms with van der Waals surface area (Å²) in [6, 6.07) is 9.00. The second-order valence-corrected chi connectivity index (χ2v) is 8.23. The molecule has 0 aliphatic carbocycles. The van der Waals surface area contributed by atoms with Crippen LogP contribution in [0, 0.1) is 13.8 Å². The minimum Gasteiger partial charge on any atom is -0.495 e. The van der Waals surface area contributed by atoms with Crippen LogP contribution < -0.4 is 9.46 Å². The largest absolute Gasteiger partial charge is 0.495 e. The molecule has 0 aliphatic heterocycles. The molecule has 0 radical (unpaired) electrons. The Labute approximate surface area is 141 Å². The molecule has 5 nitrogen and oxygen atoms in total. The summed E-state index contributed by atoms with van der Waals surface area (Å²) in [6.07, 6.45) is -0.320. The Hall–Kier alpha value is -1.41. The molecule has 0 saturated carbocycles. The van der Waals surface area contributed by atoms with E-state index >= 15 is 0 Å². The standard InChI is InChI=1S/C16H21NO4S2/c1-11-5-7-13(20-3)16(9-11)23(18,19)17-10-14(21-4)15-8-6-12(2)22-15/h5-9,14,17H,10H2,1-4H3. The van der Waals surface area contributed by atoms with Crippen LogP contribution in [0.3, 0.4) is 0 Å². The van der Waals surface area contributed by atoms with Crippen LogP contribution in [0.1, 0.15) is 21.4 Å². The van der Waals surface area contributed by atoms with Gasteiger partial charge in [-0.05, 0) is 43.7 Å². The van der Waals surface area contributed by atoms with Crippen molar-refractivity contribution in [1.82, 2.24) is 4.72 Å². The fourth-order valence-electron chi connectivity index (χ4n) is 2.18. The predicted molar refractivity (Wildman–Crippen MR) is 91.7 cm³/mol. The van der Waals surface area contributed by atoms with Gasteiger partial charge in [0.15, 0.2) is 0 Å². The monoisotopic (exact) mass is 355 g/mol. The van der Waals surface area contributed by atoms with E-state index in [9.17, 15) is 8.42 Å². The number of thiophene rings is 1. The first-order valence-electron chi connectivity index (χ1n) is 7.11. The number of hydrogen-bond donors (Lipinski definition) is 1. The van der Waals surface area contributed by atoms with Gasteiger partial charge >= 0.3 is 0 Å². The molecule has 0 amide bonds. The van der Waals surface area contributed by atoms with Crippen molar-refractivity contribution in [3.63, 3.8) is 0 Å². The minimum absolute atomic E-state index is 0.136. The molecular weight excluding hydrogens is 334 g/mol. The Kier molecular flexibility index (Phi) is 5.80. The highest BCUT2D eigenvalue weighted by atomic mass is 32.2. The summed E-state index contributed by atoms with van der Waals surface area (Å²) in [5.41, 5.74) is 0.850. The third-order valence-electron chi connectivity index (χ3n) is 3.43. The number of benzene rings is 1. The van der Waals surface area contributed by atoms with E-state index in [1.165, 1.54) is 7.11 Å². The zero-order valence-corrected chi connectivity index (χ0v) is 15.3. The molecule has 1 aromatic heterocycles. The lowest BCUT2D eigenvalue weighted by molar-refractivity contribution is 0.110. The normalized spacial score (nSPS) is 13.0. The van der Waals surface area contributed by atoms with E-state index in [0.29, 0.717) is 5.75 Å². The van der Waals surface area contributed by atoms with Gasteiger partial charge in [-0.2, -0.15) is 0 Å². The van der Waals surface area contributed by atoms with Crippen molar-refractivity contribution < 1.29 is 17.9 Å². The van der Waals surface area contributed by atoms with Gasteiger partial charge in [0.2, 0.25) is 10.0 Å². The summed E-state index contributed by atoms with van der Waals surface area (Å²) in [7, 11) is -0.657. The Morgan fingerprint density at radius 3 is 2.48 bits per heavy atom. The predicted octanol–water partition coefficient (Wildman–Crippen LogP) is 3.04. The molecule has 1 atom stereocenters. The van der Waals surface area contributed by atoms with Crippen LogP contribution in [-0.2, 0) is 14.8 Å². The number of aryl methyl sites for hydroxylation is 2. The lowest BCUT2D eigenvalue weighted by atomic mass is 10.2. The maximum absolute atomic E-state index is 12.6. The van der Waals surface area contributed by atoms with Crippen LogP contribution in [0.25, 0.3) is 0 Å². The van der Waals surface area contributed by atoms with Gasteiger partial charge in [0, 0.05) is 23.4 Å². The van der Waals surface area contributed by atoms with Crippen molar-refractivity contribution in [2.24, 2.45) is 0 Å². The number of ether oxygens (including phenoxy) is 2. The molecule has 1 unspecified atom stereocenters. The molecule has 0 saturated heterocycles. The molecule has 23 heavy (non-hydrogen) atoms. The third-order valence-corrected chi connectivity index (χ3v) is 5.97. The second-order valence-electron chi connectivity index (χ2n) is 5.18. The van der Waals surface area contributed by atoms with Gasteiger partial charge in [0.1, 0.15) is 16.7 Å². The van der Waals surface area contributed by atoms with E-state index in [2.05, 4.69) is 4.72 Å². The zero-order chi connectivity index (χ0) is 17.0. The smallest absolute Gasteiger partial charge is 0.244 e. The van der Waals surface area contributed by atoms with Crippen molar-refractivity contribution in [1.29, 1.82) is 0 Å². The lowest BCUT2D eigenvalue weighted by Crippen LogP contribution is -2.29. The Morgan fingerprint density at radius 1 is 1.17 bits per heavy atom. The van der Waals surface area contributed by atoms with Crippen molar-refractivity contribution in [3.05, 3.63) is 45.6 Å². The first kappa shape index (κ1) is 17.9. The van der Waals surface area contributed by atoms with Gasteiger partial charge < -0.3 is 9.47 Å². The maximum Gasteiger partial charge on any atom is 0.244 e. The summed E-state index contributed by atoms with van der Waals surface area (Å²) in [5.74, 6) is 0.323. The minimum atomic E-state index is -3.68. The SMILES string of the molecule is COc1ccc(C)cc1S(=O)(=O)NCC(OC)c1ccc(C)s1. The molecule has 0 bridgehead atoms. The van der Waals surface area contributed by atoms with E-state index < -0.39 is 10.0 Å². The summed E-state index contributed by atoms with van der Waals surface area (Å²) >= 11 is 1.59. The summed E-state index contributed by atoms with van der Waals surface area (Å²) in [4.78, 5) is 2.28. The fraction of sp³-hybridized carbons (Fsp3) is 0.375. The molecule has 7 heteroatoms. The number of nitrogens with one attached hydrogen (secondary N) is 1. The number of rotatable bonds is 7. The van der Waals surface area contributed by atoms with Crippen LogP contribution in [0.2, 0.25) is 0 Å². The number of sulfonamides is 1. The van der Waals surface area contributed by atoms with Crippen molar-refractivity contribution in [2.75, 3.05) is 20.8 Å². The van der Waals surface area contributed by atoms with Crippen molar-refractivity contribution in [2.45, 2.75) is 24.8 Å². The second kappa shape index (κ2) is 7.44. The van der Waals surface area contributed by atoms with Crippen LogP contribution in [-0.4, -0.2) is 29.2 Å². The van der Waals surface area contributed by atoms with Gasteiger partial charge in [-0.25, -0.2) is 13.1 Å². The highest BCUT2D eigenvalue weighted by molar-refractivity contribution is 7.89. The van der Waals surface area contributed by atoms with E-state index in [1.54, 1.807) is 30.6 Å². The molecule has 0 aliphatic rings. The Bertz CT molecular complexity index is 768. The number of hydrogen-bond acceptors (Lipinski definition) is 5. The lowest BCUT2D eigenvalue weighted by Gasteiger charge is -2.16. The molecule has 1 N–H and O–H groups in total. The van der Waals surface area contributed by atoms with Crippen LogP contribution in [0.4, 0.5) is 0 Å². The highest BCUT2D eigenvalue weighted by Gasteiger charge is 2.22. The van der Waals surface area contributed by atoms with Gasteiger partial charge in [-0.3, -0.25) is 0 Å². The van der Waals surface area contributed by atoms with Crippen LogP contribution in [0.5, 0.6) is 5.75 Å². The van der Waals surface area contributed by atoms with Gasteiger partial charge in [-0.15, -0.1) is 11.3 Å². The van der Waals surface area contributed by atoms with Crippen molar-refractivity contribution in [3.8, 4) is 5.75 Å². The molecule has 2 rings (SSSR count). The first-order valence-corrected chi connectivity index (χ1v) is 9.41. The molecule has 126 valence electrons. The molecule has 2 aromatic rings. The molecule has 0 spiro atoms. The molecular formula is C16H21NO4S2. The fourth-order valence-corrected chi connectivity index (χ4v) is 4.42. The summed E-state index contributed by atoms with van der Waals surface area (Å²) in [6.45, 7) is 4.00. The van der Waals surface area contributed by atoms with E-state index in [0.717, 1.165) is 15.3 Å². The van der Waals surface area contributed by atoms with Crippen molar-refractivity contribution >= 4 is 21.4 Å². The Balaban J connectivity index is 2.19. The summed E-state index contributed by atoms with van der Waals surface area (Å²) < 4.78 is 38.3. The van der Waals surface area contributed by atoms with Gasteiger partial charge in [-0.1, -0.05) is 6.07 Å². The van der Waals surface area contributed by atoms with E-state index in [4.69, 9.17) is 9.47 Å². The van der Waals surface area contributed by atoms with Crippen LogP contribution >= 0.6 is 11.3 Å². The molecule has 1 aromatic carbocycles. The zero-order valence-electron chi connectivity index (χ0n) is 13.6. The average Bonchev–Trinajstić information content (AvgIpc) is 2.94. The average molecular weight is 355 g/mol. The van der Waals surface area contributed by atoms with E-state index in [-0.39, 0.29) is 17.5 Å². The molecule has 0 fully saturated rings.